The summed E-state index contributed by atoms with van der Waals surface area (Å²) in [5.74, 6) is 0.318. The first kappa shape index (κ1) is 15.2. The topological polar surface area (TPSA) is 72.7 Å². The normalized spacial score (nSPS) is 10.7. The summed E-state index contributed by atoms with van der Waals surface area (Å²) in [4.78, 5) is 28.3. The smallest absolute Gasteiger partial charge is 0.258 e. The Morgan fingerprint density at radius 2 is 2.09 bits per heavy atom. The van der Waals surface area contributed by atoms with Crippen molar-refractivity contribution in [3.8, 4) is 5.75 Å². The van der Waals surface area contributed by atoms with Crippen LogP contribution in [-0.2, 0) is 11.3 Å². The number of rotatable bonds is 6. The lowest BCUT2D eigenvalue weighted by Crippen LogP contribution is -2.28. The molecule has 0 aliphatic carbocycles. The first-order valence-electron chi connectivity index (χ1n) is 7.03. The van der Waals surface area contributed by atoms with Gasteiger partial charge in [-0.05, 0) is 31.2 Å². The van der Waals surface area contributed by atoms with Crippen LogP contribution in [0.25, 0.3) is 4.96 Å². The number of ether oxygens (including phenoxy) is 1. The molecule has 1 N–H and O–H groups in total. The molecule has 118 valence electrons. The number of thiazole rings is 1. The molecule has 6 nitrogen and oxygen atoms in total. The number of hydrogen-bond donors (Lipinski definition) is 1. The van der Waals surface area contributed by atoms with Crippen molar-refractivity contribution in [2.75, 3.05) is 6.61 Å². The van der Waals surface area contributed by atoms with E-state index >= 15 is 0 Å². The quantitative estimate of drug-likeness (QED) is 0.704. The number of hydrogen-bond acceptors (Lipinski definition) is 5. The van der Waals surface area contributed by atoms with E-state index in [0.29, 0.717) is 17.9 Å². The Kier molecular flexibility index (Phi) is 4.38. The molecule has 2 heterocycles. The van der Waals surface area contributed by atoms with Gasteiger partial charge in [0.15, 0.2) is 17.4 Å². The number of carbonyl (C=O) groups is 2. The Hall–Kier alpha value is -2.67. The summed E-state index contributed by atoms with van der Waals surface area (Å²) in [6.45, 7) is 1.78. The van der Waals surface area contributed by atoms with Crippen molar-refractivity contribution < 1.29 is 14.3 Å². The minimum atomic E-state index is -0.225. The summed E-state index contributed by atoms with van der Waals surface area (Å²) in [5, 5.41) is 4.71. The van der Waals surface area contributed by atoms with Gasteiger partial charge < -0.3 is 10.1 Å². The van der Waals surface area contributed by atoms with E-state index < -0.39 is 0 Å². The van der Waals surface area contributed by atoms with Crippen molar-refractivity contribution in [3.63, 3.8) is 0 Å². The number of benzene rings is 1. The number of imidazole rings is 1. The van der Waals surface area contributed by atoms with E-state index in [1.54, 1.807) is 35.6 Å². The van der Waals surface area contributed by atoms with Gasteiger partial charge in [0.05, 0.1) is 12.2 Å². The Labute approximate surface area is 136 Å². The van der Waals surface area contributed by atoms with Crippen LogP contribution in [0.2, 0.25) is 0 Å². The number of amides is 1. The van der Waals surface area contributed by atoms with Gasteiger partial charge in [-0.15, -0.1) is 11.3 Å². The average molecular weight is 329 g/mol. The van der Waals surface area contributed by atoms with Crippen LogP contribution in [0.1, 0.15) is 23.0 Å². The molecule has 7 heteroatoms. The van der Waals surface area contributed by atoms with Crippen molar-refractivity contribution in [3.05, 3.63) is 53.3 Å². The van der Waals surface area contributed by atoms with Crippen LogP contribution >= 0.6 is 11.3 Å². The number of Topliss-reactive ketones (excluding diaryl/α,β-unsaturated/α-hetero) is 1. The molecule has 3 rings (SSSR count). The zero-order valence-corrected chi connectivity index (χ0v) is 13.3. The summed E-state index contributed by atoms with van der Waals surface area (Å²) < 4.78 is 7.30. The summed E-state index contributed by atoms with van der Waals surface area (Å²) in [6.07, 6.45) is 3.81. The molecular formula is C16H15N3O3S. The Morgan fingerprint density at radius 1 is 1.30 bits per heavy atom. The van der Waals surface area contributed by atoms with E-state index in [-0.39, 0.29) is 18.3 Å². The SMILES string of the molecule is CC(=O)c1ccc(OCC(=O)NCc2cn3ccsc3n2)cc1. The van der Waals surface area contributed by atoms with Crippen LogP contribution in [0.3, 0.4) is 0 Å². The molecule has 3 aromatic rings. The van der Waals surface area contributed by atoms with E-state index in [9.17, 15) is 9.59 Å². The first-order valence-corrected chi connectivity index (χ1v) is 7.91. The second-order valence-corrected chi connectivity index (χ2v) is 5.84. The lowest BCUT2D eigenvalue weighted by molar-refractivity contribution is -0.123. The average Bonchev–Trinajstić information content (AvgIpc) is 3.12. The highest BCUT2D eigenvalue weighted by molar-refractivity contribution is 7.15. The van der Waals surface area contributed by atoms with Crippen LogP contribution in [0, 0.1) is 0 Å². The van der Waals surface area contributed by atoms with Crippen LogP contribution in [0.5, 0.6) is 5.75 Å². The zero-order valence-electron chi connectivity index (χ0n) is 12.5. The van der Waals surface area contributed by atoms with Gasteiger partial charge in [0.2, 0.25) is 0 Å². The molecule has 0 bridgehead atoms. The lowest BCUT2D eigenvalue weighted by Gasteiger charge is -2.07. The molecule has 23 heavy (non-hydrogen) atoms. The highest BCUT2D eigenvalue weighted by atomic mass is 32.1. The van der Waals surface area contributed by atoms with Crippen molar-refractivity contribution in [1.29, 1.82) is 0 Å². The number of fused-ring (bicyclic) bond motifs is 1. The minimum Gasteiger partial charge on any atom is -0.484 e. The van der Waals surface area contributed by atoms with Crippen molar-refractivity contribution in [2.45, 2.75) is 13.5 Å². The van der Waals surface area contributed by atoms with Crippen LogP contribution in [0.4, 0.5) is 0 Å². The maximum Gasteiger partial charge on any atom is 0.258 e. The highest BCUT2D eigenvalue weighted by Gasteiger charge is 2.06. The van der Waals surface area contributed by atoms with E-state index in [1.165, 1.54) is 6.92 Å². The number of ketones is 1. The summed E-state index contributed by atoms with van der Waals surface area (Å²) in [5.41, 5.74) is 1.41. The van der Waals surface area contributed by atoms with Crippen molar-refractivity contribution in [1.82, 2.24) is 14.7 Å². The molecule has 0 unspecified atom stereocenters. The van der Waals surface area contributed by atoms with Gasteiger partial charge in [-0.1, -0.05) is 0 Å². The molecule has 0 atom stereocenters. The monoisotopic (exact) mass is 329 g/mol. The van der Waals surface area contributed by atoms with Gasteiger partial charge >= 0.3 is 0 Å². The number of aromatic nitrogens is 2. The lowest BCUT2D eigenvalue weighted by atomic mass is 10.1. The molecule has 1 aromatic carbocycles. The molecule has 2 aromatic heterocycles. The van der Waals surface area contributed by atoms with Gasteiger partial charge in [-0.3, -0.25) is 14.0 Å². The van der Waals surface area contributed by atoms with E-state index in [0.717, 1.165) is 10.7 Å². The molecule has 0 spiro atoms. The molecule has 0 radical (unpaired) electrons. The fraction of sp³-hybridized carbons (Fsp3) is 0.188. The predicted octanol–water partition coefficient (Wildman–Crippen LogP) is 2.29. The molecule has 0 fully saturated rings. The van der Waals surface area contributed by atoms with E-state index in [2.05, 4.69) is 10.3 Å². The number of nitrogens with zero attached hydrogens (tertiary/aromatic N) is 2. The third kappa shape index (κ3) is 3.75. The Morgan fingerprint density at radius 3 is 2.78 bits per heavy atom. The summed E-state index contributed by atoms with van der Waals surface area (Å²) in [6, 6.07) is 6.70. The Balaban J connectivity index is 1.47. The van der Waals surface area contributed by atoms with Gasteiger partial charge in [0.25, 0.3) is 5.91 Å². The maximum absolute atomic E-state index is 11.8. The summed E-state index contributed by atoms with van der Waals surface area (Å²) >= 11 is 1.54. The second kappa shape index (κ2) is 6.62. The first-order chi connectivity index (χ1) is 11.1. The third-order valence-electron chi connectivity index (χ3n) is 3.24. The number of carbonyl (C=O) groups excluding carboxylic acids is 2. The van der Waals surface area contributed by atoms with Crippen molar-refractivity contribution in [2.24, 2.45) is 0 Å². The van der Waals surface area contributed by atoms with Gasteiger partial charge in [0, 0.05) is 23.3 Å². The molecule has 0 aliphatic rings. The van der Waals surface area contributed by atoms with Gasteiger partial charge in [-0.2, -0.15) is 0 Å². The predicted molar refractivity (Wildman–Crippen MR) is 86.9 cm³/mol. The molecule has 0 saturated heterocycles. The standard InChI is InChI=1S/C16H15N3O3S/c1-11(20)12-2-4-14(5-3-12)22-10-15(21)17-8-13-9-19-6-7-23-16(19)18-13/h2-7,9H,8,10H2,1H3,(H,17,21). The van der Waals surface area contributed by atoms with Crippen molar-refractivity contribution >= 4 is 28.0 Å². The van der Waals surface area contributed by atoms with Crippen LogP contribution in [-0.4, -0.2) is 27.7 Å². The fourth-order valence-corrected chi connectivity index (χ4v) is 2.76. The Bertz CT molecular complexity index is 807. The highest BCUT2D eigenvalue weighted by Crippen LogP contribution is 2.13. The van der Waals surface area contributed by atoms with E-state index in [1.807, 2.05) is 22.2 Å². The van der Waals surface area contributed by atoms with Crippen LogP contribution < -0.4 is 10.1 Å². The molecule has 0 aliphatic heterocycles. The molecular weight excluding hydrogens is 314 g/mol. The zero-order chi connectivity index (χ0) is 16.2. The number of nitrogens with one attached hydrogen (secondary N) is 1. The third-order valence-corrected chi connectivity index (χ3v) is 4.01. The second-order valence-electron chi connectivity index (χ2n) is 4.97. The minimum absolute atomic E-state index is 0.00531. The van der Waals surface area contributed by atoms with Gasteiger partial charge in [-0.25, -0.2) is 4.98 Å². The summed E-state index contributed by atoms with van der Waals surface area (Å²) in [7, 11) is 0. The largest absolute Gasteiger partial charge is 0.484 e. The fourth-order valence-electron chi connectivity index (χ4n) is 2.04. The maximum atomic E-state index is 11.8. The molecule has 0 saturated carbocycles. The van der Waals surface area contributed by atoms with Crippen LogP contribution in [0.15, 0.2) is 42.0 Å². The molecule has 1 amide bonds. The van der Waals surface area contributed by atoms with Gasteiger partial charge in [0.1, 0.15) is 5.75 Å². The van der Waals surface area contributed by atoms with E-state index in [4.69, 9.17) is 4.74 Å².